The molecule has 1 aromatic heterocycles. The maximum absolute atomic E-state index is 13.3. The number of amides is 2. The third kappa shape index (κ3) is 3.59. The van der Waals surface area contributed by atoms with Crippen LogP contribution in [0.25, 0.3) is 11.3 Å². The summed E-state index contributed by atoms with van der Waals surface area (Å²) in [6.07, 6.45) is -0.0823. The molecule has 148 valence electrons. The summed E-state index contributed by atoms with van der Waals surface area (Å²) in [5.41, 5.74) is 2.26. The Labute approximate surface area is 175 Å². The molecular formula is C20H15Cl2FN4O2. The van der Waals surface area contributed by atoms with E-state index in [0.29, 0.717) is 33.3 Å². The number of fused-ring (bicyclic) bond motifs is 1. The van der Waals surface area contributed by atoms with E-state index in [9.17, 15) is 14.0 Å². The van der Waals surface area contributed by atoms with E-state index in [1.165, 1.54) is 16.8 Å². The molecule has 0 radical (unpaired) electrons. The lowest BCUT2D eigenvalue weighted by atomic mass is 10.1. The molecule has 2 aromatic carbocycles. The number of halogens is 3. The van der Waals surface area contributed by atoms with Crippen molar-refractivity contribution in [3.8, 4) is 11.3 Å². The molecule has 0 fully saturated rings. The van der Waals surface area contributed by atoms with Crippen LogP contribution in [-0.4, -0.2) is 21.6 Å². The Morgan fingerprint density at radius 2 is 1.97 bits per heavy atom. The van der Waals surface area contributed by atoms with Gasteiger partial charge >= 0.3 is 0 Å². The van der Waals surface area contributed by atoms with Crippen LogP contribution in [0.4, 0.5) is 15.9 Å². The highest BCUT2D eigenvalue weighted by Gasteiger charge is 2.34. The summed E-state index contributed by atoms with van der Waals surface area (Å²) in [4.78, 5) is 25.2. The molecule has 4 rings (SSSR count). The van der Waals surface area contributed by atoms with E-state index in [1.807, 2.05) is 0 Å². The molecule has 3 aromatic rings. The van der Waals surface area contributed by atoms with E-state index in [2.05, 4.69) is 15.7 Å². The van der Waals surface area contributed by atoms with E-state index >= 15 is 0 Å². The van der Waals surface area contributed by atoms with Crippen LogP contribution in [0.15, 0.2) is 42.5 Å². The normalized spacial score (nSPS) is 15.6. The molecule has 0 saturated carbocycles. The molecular weight excluding hydrogens is 418 g/mol. The first-order chi connectivity index (χ1) is 13.8. The van der Waals surface area contributed by atoms with Crippen molar-refractivity contribution in [2.45, 2.75) is 19.4 Å². The number of hydrogen-bond acceptors (Lipinski definition) is 3. The largest absolute Gasteiger partial charge is 0.323 e. The van der Waals surface area contributed by atoms with Crippen LogP contribution in [0.3, 0.4) is 0 Å². The Kier molecular flexibility index (Phi) is 5.02. The molecule has 1 unspecified atom stereocenters. The topological polar surface area (TPSA) is 76.0 Å². The van der Waals surface area contributed by atoms with Gasteiger partial charge in [0.15, 0.2) is 0 Å². The van der Waals surface area contributed by atoms with Crippen LogP contribution in [0.2, 0.25) is 10.0 Å². The SMILES string of the molecule is Cc1c(-c2ccc(F)cc2)nn2c1NC(=O)CC2C(=O)Nc1cccc(Cl)c1Cl. The number of nitrogens with zero attached hydrogens (tertiary/aromatic N) is 2. The summed E-state index contributed by atoms with van der Waals surface area (Å²) in [5.74, 6) is -0.681. The van der Waals surface area contributed by atoms with E-state index in [0.717, 1.165) is 0 Å². The molecule has 9 heteroatoms. The molecule has 1 atom stereocenters. The van der Waals surface area contributed by atoms with Crippen LogP contribution < -0.4 is 10.6 Å². The van der Waals surface area contributed by atoms with Gasteiger partial charge in [-0.05, 0) is 43.3 Å². The quantitative estimate of drug-likeness (QED) is 0.622. The fourth-order valence-corrected chi connectivity index (χ4v) is 3.59. The fraction of sp³-hybridized carbons (Fsp3) is 0.150. The Morgan fingerprint density at radius 3 is 2.69 bits per heavy atom. The van der Waals surface area contributed by atoms with Crippen LogP contribution in [0, 0.1) is 12.7 Å². The average Bonchev–Trinajstić information content (AvgIpc) is 3.02. The van der Waals surface area contributed by atoms with Gasteiger partial charge in [-0.3, -0.25) is 9.59 Å². The van der Waals surface area contributed by atoms with Crippen molar-refractivity contribution in [3.63, 3.8) is 0 Å². The lowest BCUT2D eigenvalue weighted by Gasteiger charge is -2.24. The first-order valence-electron chi connectivity index (χ1n) is 8.75. The van der Waals surface area contributed by atoms with Gasteiger partial charge in [-0.2, -0.15) is 5.10 Å². The Hall–Kier alpha value is -2.90. The van der Waals surface area contributed by atoms with Gasteiger partial charge in [0.25, 0.3) is 0 Å². The second-order valence-electron chi connectivity index (χ2n) is 6.63. The Bertz CT molecular complexity index is 1130. The molecule has 1 aliphatic heterocycles. The smallest absolute Gasteiger partial charge is 0.249 e. The van der Waals surface area contributed by atoms with Crippen molar-refractivity contribution < 1.29 is 14.0 Å². The first-order valence-corrected chi connectivity index (χ1v) is 9.50. The van der Waals surface area contributed by atoms with Gasteiger partial charge in [-0.25, -0.2) is 9.07 Å². The molecule has 2 N–H and O–H groups in total. The predicted octanol–water partition coefficient (Wildman–Crippen LogP) is 4.83. The number of benzene rings is 2. The third-order valence-electron chi connectivity index (χ3n) is 4.71. The van der Waals surface area contributed by atoms with Crippen LogP contribution in [-0.2, 0) is 9.59 Å². The zero-order chi connectivity index (χ0) is 20.7. The number of hydrogen-bond donors (Lipinski definition) is 2. The number of nitrogens with one attached hydrogen (secondary N) is 2. The van der Waals surface area contributed by atoms with Gasteiger partial charge < -0.3 is 10.6 Å². The molecule has 6 nitrogen and oxygen atoms in total. The number of carbonyl (C=O) groups excluding carboxylic acids is 2. The highest BCUT2D eigenvalue weighted by Crippen LogP contribution is 2.35. The van der Waals surface area contributed by atoms with Crippen molar-refractivity contribution in [2.75, 3.05) is 10.6 Å². The minimum Gasteiger partial charge on any atom is -0.323 e. The summed E-state index contributed by atoms with van der Waals surface area (Å²) >= 11 is 12.1. The Morgan fingerprint density at radius 1 is 1.24 bits per heavy atom. The minimum atomic E-state index is -0.873. The first kappa shape index (κ1) is 19.4. The van der Waals surface area contributed by atoms with Gasteiger partial charge in [-0.15, -0.1) is 0 Å². The van der Waals surface area contributed by atoms with Crippen LogP contribution >= 0.6 is 23.2 Å². The molecule has 2 amide bonds. The van der Waals surface area contributed by atoms with E-state index < -0.39 is 11.9 Å². The van der Waals surface area contributed by atoms with Crippen LogP contribution in [0.5, 0.6) is 0 Å². The number of aromatic nitrogens is 2. The molecule has 0 aliphatic carbocycles. The number of carbonyl (C=O) groups is 2. The van der Waals surface area contributed by atoms with Crippen molar-refractivity contribution >= 4 is 46.5 Å². The van der Waals surface area contributed by atoms with Gasteiger partial charge in [0.1, 0.15) is 17.7 Å². The zero-order valence-electron chi connectivity index (χ0n) is 15.2. The number of rotatable bonds is 3. The van der Waals surface area contributed by atoms with Crippen LogP contribution in [0.1, 0.15) is 18.0 Å². The monoisotopic (exact) mass is 432 g/mol. The predicted molar refractivity (Wildman–Crippen MR) is 110 cm³/mol. The maximum atomic E-state index is 13.3. The second kappa shape index (κ2) is 7.50. The highest BCUT2D eigenvalue weighted by atomic mass is 35.5. The molecule has 0 saturated heterocycles. The molecule has 0 spiro atoms. The molecule has 0 bridgehead atoms. The van der Waals surface area contributed by atoms with E-state index in [-0.39, 0.29) is 23.2 Å². The zero-order valence-corrected chi connectivity index (χ0v) is 16.7. The summed E-state index contributed by atoms with van der Waals surface area (Å²) in [6, 6.07) is 9.87. The van der Waals surface area contributed by atoms with Gasteiger partial charge in [0.05, 0.1) is 27.8 Å². The average molecular weight is 433 g/mol. The molecule has 2 heterocycles. The summed E-state index contributed by atoms with van der Waals surface area (Å²) < 4.78 is 14.7. The minimum absolute atomic E-state index is 0.0823. The highest BCUT2D eigenvalue weighted by molar-refractivity contribution is 6.44. The van der Waals surface area contributed by atoms with Crippen molar-refractivity contribution in [3.05, 3.63) is 63.9 Å². The lowest BCUT2D eigenvalue weighted by Crippen LogP contribution is -2.36. The van der Waals surface area contributed by atoms with Gasteiger partial charge in [0.2, 0.25) is 11.8 Å². The number of anilines is 2. The molecule has 29 heavy (non-hydrogen) atoms. The van der Waals surface area contributed by atoms with Gasteiger partial charge in [0, 0.05) is 11.1 Å². The van der Waals surface area contributed by atoms with Crippen molar-refractivity contribution in [1.29, 1.82) is 0 Å². The van der Waals surface area contributed by atoms with Gasteiger partial charge in [-0.1, -0.05) is 29.3 Å². The Balaban J connectivity index is 1.71. The lowest BCUT2D eigenvalue weighted by molar-refractivity contribution is -0.125. The van der Waals surface area contributed by atoms with E-state index in [4.69, 9.17) is 23.2 Å². The van der Waals surface area contributed by atoms with Crippen molar-refractivity contribution in [2.24, 2.45) is 0 Å². The summed E-state index contributed by atoms with van der Waals surface area (Å²) in [7, 11) is 0. The second-order valence-corrected chi connectivity index (χ2v) is 7.42. The fourth-order valence-electron chi connectivity index (χ4n) is 3.24. The third-order valence-corrected chi connectivity index (χ3v) is 5.53. The molecule has 1 aliphatic rings. The van der Waals surface area contributed by atoms with E-state index in [1.54, 1.807) is 37.3 Å². The maximum Gasteiger partial charge on any atom is 0.249 e. The summed E-state index contributed by atoms with van der Waals surface area (Å²) in [5, 5.41) is 10.5. The summed E-state index contributed by atoms with van der Waals surface area (Å²) in [6.45, 7) is 1.78. The standard InChI is InChI=1S/C20H15Cl2FN4O2/c1-10-18(11-5-7-12(23)8-6-11)26-27-15(9-16(28)25-19(10)27)20(29)24-14-4-2-3-13(21)17(14)22/h2-8,15H,9H2,1H3,(H,24,29)(H,25,28). The van der Waals surface area contributed by atoms with Crippen molar-refractivity contribution in [1.82, 2.24) is 9.78 Å².